The maximum absolute atomic E-state index is 6.40. The van der Waals surface area contributed by atoms with Crippen LogP contribution in [0.1, 0.15) is 17.2 Å². The quantitative estimate of drug-likeness (QED) is 0.791. The number of methoxy groups -OCH3 is 1. The summed E-state index contributed by atoms with van der Waals surface area (Å²) < 4.78 is 5.29. The van der Waals surface area contributed by atoms with Crippen molar-refractivity contribution >= 4 is 10.9 Å². The zero-order valence-corrected chi connectivity index (χ0v) is 11.2. The number of ether oxygens (including phenoxy) is 1. The monoisotopic (exact) mass is 265 g/mol. The van der Waals surface area contributed by atoms with E-state index in [4.69, 9.17) is 10.5 Å². The fourth-order valence-corrected chi connectivity index (χ4v) is 2.36. The van der Waals surface area contributed by atoms with E-state index in [1.54, 1.807) is 19.5 Å². The van der Waals surface area contributed by atoms with Crippen molar-refractivity contribution in [3.63, 3.8) is 0 Å². The van der Waals surface area contributed by atoms with Crippen LogP contribution in [0.2, 0.25) is 0 Å². The third kappa shape index (κ3) is 2.10. The number of nitrogens with two attached hydrogens (primary N) is 1. The fourth-order valence-electron chi connectivity index (χ4n) is 2.36. The van der Waals surface area contributed by atoms with Gasteiger partial charge in [-0.25, -0.2) is 4.98 Å². The minimum Gasteiger partial charge on any atom is -0.481 e. The van der Waals surface area contributed by atoms with Gasteiger partial charge >= 0.3 is 0 Å². The van der Waals surface area contributed by atoms with E-state index >= 15 is 0 Å². The van der Waals surface area contributed by atoms with Gasteiger partial charge in [0.1, 0.15) is 0 Å². The number of nitrogens with zero attached hydrogens (tertiary/aromatic N) is 2. The first kappa shape index (κ1) is 12.6. The van der Waals surface area contributed by atoms with Gasteiger partial charge in [0, 0.05) is 23.3 Å². The van der Waals surface area contributed by atoms with Crippen LogP contribution in [-0.2, 0) is 0 Å². The summed E-state index contributed by atoms with van der Waals surface area (Å²) in [5.74, 6) is 0.549. The van der Waals surface area contributed by atoms with Crippen LogP contribution < -0.4 is 10.5 Å². The molecule has 4 nitrogen and oxygen atoms in total. The Morgan fingerprint density at radius 1 is 0.950 bits per heavy atom. The minimum absolute atomic E-state index is 0.322. The summed E-state index contributed by atoms with van der Waals surface area (Å²) in [4.78, 5) is 8.64. The van der Waals surface area contributed by atoms with Crippen molar-refractivity contribution in [3.05, 3.63) is 66.0 Å². The van der Waals surface area contributed by atoms with E-state index in [9.17, 15) is 0 Å². The Bertz CT molecular complexity index is 737. The van der Waals surface area contributed by atoms with Crippen molar-refractivity contribution in [2.75, 3.05) is 7.11 Å². The standard InChI is InChI=1S/C16H15N3O/c1-20-16-13(8-4-10-19-16)14(17)12-7-2-5-11-6-3-9-18-15(11)12/h2-10,14H,17H2,1H3. The second kappa shape index (κ2) is 5.27. The number of pyridine rings is 2. The van der Waals surface area contributed by atoms with Crippen LogP contribution in [0.25, 0.3) is 10.9 Å². The molecule has 2 N–H and O–H groups in total. The molecule has 0 amide bonds. The van der Waals surface area contributed by atoms with Gasteiger partial charge in [-0.15, -0.1) is 0 Å². The zero-order valence-electron chi connectivity index (χ0n) is 11.2. The molecule has 3 rings (SSSR count). The Balaban J connectivity index is 2.15. The molecule has 100 valence electrons. The second-order valence-corrected chi connectivity index (χ2v) is 4.50. The third-order valence-corrected chi connectivity index (χ3v) is 3.33. The molecule has 0 saturated heterocycles. The molecule has 0 spiro atoms. The molecular weight excluding hydrogens is 250 g/mol. The van der Waals surface area contributed by atoms with Crippen molar-refractivity contribution in [2.24, 2.45) is 5.73 Å². The highest BCUT2D eigenvalue weighted by Gasteiger charge is 2.17. The molecule has 20 heavy (non-hydrogen) atoms. The highest BCUT2D eigenvalue weighted by molar-refractivity contribution is 5.82. The Kier molecular flexibility index (Phi) is 3.31. The number of aromatic nitrogens is 2. The summed E-state index contributed by atoms with van der Waals surface area (Å²) >= 11 is 0. The third-order valence-electron chi connectivity index (χ3n) is 3.33. The second-order valence-electron chi connectivity index (χ2n) is 4.50. The number of hydrogen-bond acceptors (Lipinski definition) is 4. The van der Waals surface area contributed by atoms with Crippen molar-refractivity contribution in [3.8, 4) is 5.88 Å². The first-order valence-corrected chi connectivity index (χ1v) is 6.39. The highest BCUT2D eigenvalue weighted by Crippen LogP contribution is 2.29. The molecule has 2 heterocycles. The van der Waals surface area contributed by atoms with Gasteiger partial charge in [0.2, 0.25) is 5.88 Å². The summed E-state index contributed by atoms with van der Waals surface area (Å²) in [6.45, 7) is 0. The molecule has 0 aliphatic carbocycles. The van der Waals surface area contributed by atoms with Crippen LogP contribution in [0.3, 0.4) is 0 Å². The molecule has 0 aliphatic rings. The van der Waals surface area contributed by atoms with E-state index in [1.807, 2.05) is 42.5 Å². The number of hydrogen-bond donors (Lipinski definition) is 1. The molecule has 0 radical (unpaired) electrons. The van der Waals surface area contributed by atoms with Gasteiger partial charge in [0.25, 0.3) is 0 Å². The molecule has 0 bridgehead atoms. The van der Waals surface area contributed by atoms with E-state index < -0.39 is 0 Å². The average Bonchev–Trinajstić information content (AvgIpc) is 2.53. The molecule has 0 fully saturated rings. The lowest BCUT2D eigenvalue weighted by molar-refractivity contribution is 0.390. The highest BCUT2D eigenvalue weighted by atomic mass is 16.5. The van der Waals surface area contributed by atoms with Crippen molar-refractivity contribution in [2.45, 2.75) is 6.04 Å². The molecule has 1 atom stereocenters. The van der Waals surface area contributed by atoms with E-state index in [0.29, 0.717) is 5.88 Å². The van der Waals surface area contributed by atoms with Crippen LogP contribution in [0.15, 0.2) is 54.9 Å². The Morgan fingerprint density at radius 2 is 1.65 bits per heavy atom. The van der Waals surface area contributed by atoms with Gasteiger partial charge in [0.15, 0.2) is 0 Å². The smallest absolute Gasteiger partial charge is 0.218 e. The Hall–Kier alpha value is -2.46. The lowest BCUT2D eigenvalue weighted by Gasteiger charge is -2.16. The number of fused-ring (bicyclic) bond motifs is 1. The summed E-state index contributed by atoms with van der Waals surface area (Å²) in [6, 6.07) is 13.4. The van der Waals surface area contributed by atoms with E-state index in [-0.39, 0.29) is 6.04 Å². The summed E-state index contributed by atoms with van der Waals surface area (Å²) in [6.07, 6.45) is 3.47. The van der Waals surface area contributed by atoms with E-state index in [1.165, 1.54) is 0 Å². The van der Waals surface area contributed by atoms with Gasteiger partial charge in [-0.05, 0) is 17.7 Å². The number of para-hydroxylation sites is 1. The van der Waals surface area contributed by atoms with Gasteiger partial charge in [-0.2, -0.15) is 0 Å². The van der Waals surface area contributed by atoms with E-state index in [2.05, 4.69) is 9.97 Å². The topological polar surface area (TPSA) is 61.0 Å². The van der Waals surface area contributed by atoms with Gasteiger partial charge in [-0.3, -0.25) is 4.98 Å². The predicted octanol–water partition coefficient (Wildman–Crippen LogP) is 2.69. The molecule has 0 saturated carbocycles. The maximum Gasteiger partial charge on any atom is 0.218 e. The maximum atomic E-state index is 6.40. The van der Waals surface area contributed by atoms with Gasteiger partial charge in [-0.1, -0.05) is 30.3 Å². The zero-order chi connectivity index (χ0) is 13.9. The number of benzene rings is 1. The van der Waals surface area contributed by atoms with Crippen LogP contribution >= 0.6 is 0 Å². The van der Waals surface area contributed by atoms with E-state index in [0.717, 1.165) is 22.0 Å². The van der Waals surface area contributed by atoms with Crippen molar-refractivity contribution in [1.82, 2.24) is 9.97 Å². The molecule has 4 heteroatoms. The summed E-state index contributed by atoms with van der Waals surface area (Å²) in [7, 11) is 1.60. The molecule has 0 aliphatic heterocycles. The Morgan fingerprint density at radius 3 is 2.50 bits per heavy atom. The molecule has 1 unspecified atom stereocenters. The van der Waals surface area contributed by atoms with Crippen molar-refractivity contribution in [1.29, 1.82) is 0 Å². The Labute approximate surface area is 117 Å². The SMILES string of the molecule is COc1ncccc1C(N)c1cccc2cccnc12. The first-order valence-electron chi connectivity index (χ1n) is 6.39. The number of rotatable bonds is 3. The molecule has 3 aromatic rings. The first-order chi connectivity index (χ1) is 9.81. The minimum atomic E-state index is -0.322. The van der Waals surface area contributed by atoms with Crippen LogP contribution in [0.4, 0.5) is 0 Å². The predicted molar refractivity (Wildman–Crippen MR) is 78.6 cm³/mol. The van der Waals surface area contributed by atoms with Gasteiger partial charge < -0.3 is 10.5 Å². The van der Waals surface area contributed by atoms with Crippen molar-refractivity contribution < 1.29 is 4.74 Å². The lowest BCUT2D eigenvalue weighted by Crippen LogP contribution is -2.14. The summed E-state index contributed by atoms with van der Waals surface area (Å²) in [5, 5.41) is 1.07. The van der Waals surface area contributed by atoms with Crippen LogP contribution in [0, 0.1) is 0 Å². The lowest BCUT2D eigenvalue weighted by atomic mass is 9.98. The van der Waals surface area contributed by atoms with Crippen LogP contribution in [-0.4, -0.2) is 17.1 Å². The fraction of sp³-hybridized carbons (Fsp3) is 0.125. The van der Waals surface area contributed by atoms with Crippen LogP contribution in [0.5, 0.6) is 5.88 Å². The average molecular weight is 265 g/mol. The molecular formula is C16H15N3O. The largest absolute Gasteiger partial charge is 0.481 e. The molecule has 1 aromatic carbocycles. The van der Waals surface area contributed by atoms with Gasteiger partial charge in [0.05, 0.1) is 18.7 Å². The normalized spacial score (nSPS) is 12.3. The molecule has 2 aromatic heterocycles. The summed E-state index contributed by atoms with van der Waals surface area (Å²) in [5.41, 5.74) is 9.13.